The SMILES string of the molecule is CCc1cc(C(=O)OC)c(NC(=O)CSc2nnc(CC34CC5CC(CC(C5)C3)C4)n2C)s1. The molecule has 0 spiro atoms. The van der Waals surface area contributed by atoms with Gasteiger partial charge in [0.25, 0.3) is 0 Å². The molecule has 1 amide bonds. The van der Waals surface area contributed by atoms with Crippen LogP contribution in [0.1, 0.15) is 66.5 Å². The zero-order valence-electron chi connectivity index (χ0n) is 19.6. The van der Waals surface area contributed by atoms with E-state index in [1.807, 2.05) is 14.0 Å². The van der Waals surface area contributed by atoms with Gasteiger partial charge in [-0.1, -0.05) is 18.7 Å². The molecule has 0 aliphatic heterocycles. The van der Waals surface area contributed by atoms with Gasteiger partial charge in [-0.2, -0.15) is 0 Å². The fourth-order valence-electron chi connectivity index (χ4n) is 6.73. The van der Waals surface area contributed by atoms with Gasteiger partial charge in [0, 0.05) is 18.3 Å². The van der Waals surface area contributed by atoms with Crippen LogP contribution in [0.4, 0.5) is 5.00 Å². The second-order valence-electron chi connectivity index (χ2n) is 10.2. The van der Waals surface area contributed by atoms with Crippen molar-refractivity contribution in [2.75, 3.05) is 18.2 Å². The number of aromatic nitrogens is 3. The van der Waals surface area contributed by atoms with Gasteiger partial charge < -0.3 is 14.6 Å². The van der Waals surface area contributed by atoms with E-state index in [4.69, 9.17) is 4.74 Å². The van der Waals surface area contributed by atoms with Crippen molar-refractivity contribution >= 4 is 40.0 Å². The second-order valence-corrected chi connectivity index (χ2v) is 12.3. The standard InChI is InChI=1S/C24H32N4O3S2/c1-4-17-8-18(22(30)31-3)21(33-17)25-20(29)13-32-23-27-26-19(28(23)2)12-24-9-14-5-15(10-24)7-16(6-14)11-24/h8,14-16H,4-7,9-13H2,1-3H3,(H,25,29). The number of ether oxygens (including phenoxy) is 1. The highest BCUT2D eigenvalue weighted by molar-refractivity contribution is 7.99. The average molecular weight is 489 g/mol. The Balaban J connectivity index is 1.21. The van der Waals surface area contributed by atoms with Gasteiger partial charge in [-0.15, -0.1) is 21.5 Å². The Morgan fingerprint density at radius 3 is 2.48 bits per heavy atom. The minimum absolute atomic E-state index is 0.166. The van der Waals surface area contributed by atoms with Crippen molar-refractivity contribution in [3.63, 3.8) is 0 Å². The van der Waals surface area contributed by atoms with E-state index in [1.165, 1.54) is 68.7 Å². The Labute approximate surface area is 203 Å². The molecule has 6 rings (SSSR count). The largest absolute Gasteiger partial charge is 0.465 e. The van der Waals surface area contributed by atoms with Gasteiger partial charge >= 0.3 is 5.97 Å². The first kappa shape index (κ1) is 22.9. The molecule has 0 atom stereocenters. The van der Waals surface area contributed by atoms with E-state index < -0.39 is 5.97 Å². The van der Waals surface area contributed by atoms with Crippen molar-refractivity contribution in [2.45, 2.75) is 63.4 Å². The highest BCUT2D eigenvalue weighted by Gasteiger charge is 2.51. The Bertz CT molecular complexity index is 1030. The van der Waals surface area contributed by atoms with Gasteiger partial charge in [-0.25, -0.2) is 4.79 Å². The lowest BCUT2D eigenvalue weighted by atomic mass is 9.49. The monoisotopic (exact) mass is 488 g/mol. The number of nitrogens with one attached hydrogen (secondary N) is 1. The van der Waals surface area contributed by atoms with Crippen molar-refractivity contribution in [1.82, 2.24) is 14.8 Å². The third-order valence-corrected chi connectivity index (χ3v) is 9.96. The number of amides is 1. The number of nitrogens with zero attached hydrogens (tertiary/aromatic N) is 3. The molecule has 2 heterocycles. The van der Waals surface area contributed by atoms with Crippen LogP contribution in [0.3, 0.4) is 0 Å². The van der Waals surface area contributed by atoms with Crippen LogP contribution in [0.25, 0.3) is 0 Å². The van der Waals surface area contributed by atoms with Gasteiger partial charge in [0.05, 0.1) is 18.4 Å². The highest BCUT2D eigenvalue weighted by Crippen LogP contribution is 2.61. The molecule has 2 aromatic heterocycles. The minimum atomic E-state index is -0.434. The number of aryl methyl sites for hydroxylation is 1. The van der Waals surface area contributed by atoms with Crippen LogP contribution in [0.2, 0.25) is 0 Å². The molecule has 0 saturated heterocycles. The summed E-state index contributed by atoms with van der Waals surface area (Å²) in [6, 6.07) is 1.79. The topological polar surface area (TPSA) is 86.1 Å². The molecule has 4 fully saturated rings. The number of anilines is 1. The van der Waals surface area contributed by atoms with Crippen LogP contribution in [0, 0.1) is 23.2 Å². The maximum atomic E-state index is 12.6. The normalized spacial score (nSPS) is 27.7. The van der Waals surface area contributed by atoms with Crippen LogP contribution < -0.4 is 5.32 Å². The number of esters is 1. The summed E-state index contributed by atoms with van der Waals surface area (Å²) >= 11 is 2.80. The first-order valence-electron chi connectivity index (χ1n) is 11.9. The molecule has 4 aliphatic rings. The number of carbonyl (C=O) groups excluding carboxylic acids is 2. The predicted molar refractivity (Wildman–Crippen MR) is 130 cm³/mol. The number of thioether (sulfide) groups is 1. The number of rotatable bonds is 8. The summed E-state index contributed by atoms with van der Waals surface area (Å²) in [5.74, 6) is 3.41. The van der Waals surface area contributed by atoms with E-state index >= 15 is 0 Å². The molecular formula is C24H32N4O3S2. The number of carbonyl (C=O) groups is 2. The highest BCUT2D eigenvalue weighted by atomic mass is 32.2. The molecule has 1 N–H and O–H groups in total. The zero-order chi connectivity index (χ0) is 23.2. The third kappa shape index (κ3) is 4.58. The van der Waals surface area contributed by atoms with Gasteiger partial charge in [-0.05, 0) is 74.2 Å². The molecule has 33 heavy (non-hydrogen) atoms. The molecular weight excluding hydrogens is 456 g/mol. The Kier molecular flexibility index (Phi) is 6.29. The van der Waals surface area contributed by atoms with Gasteiger partial charge in [0.15, 0.2) is 5.16 Å². The van der Waals surface area contributed by atoms with Crippen molar-refractivity contribution in [3.05, 3.63) is 22.3 Å². The van der Waals surface area contributed by atoms with E-state index in [9.17, 15) is 9.59 Å². The lowest BCUT2D eigenvalue weighted by Crippen LogP contribution is -2.47. The van der Waals surface area contributed by atoms with Crippen molar-refractivity contribution in [2.24, 2.45) is 30.2 Å². The summed E-state index contributed by atoms with van der Waals surface area (Å²) in [6.07, 6.45) is 10.2. The van der Waals surface area contributed by atoms with Gasteiger partial charge in [0.1, 0.15) is 10.8 Å². The minimum Gasteiger partial charge on any atom is -0.465 e. The molecule has 178 valence electrons. The Morgan fingerprint density at radius 1 is 1.21 bits per heavy atom. The number of hydrogen-bond acceptors (Lipinski definition) is 7. The predicted octanol–water partition coefficient (Wildman–Crippen LogP) is 4.72. The van der Waals surface area contributed by atoms with E-state index in [2.05, 4.69) is 20.1 Å². The summed E-state index contributed by atoms with van der Waals surface area (Å²) in [5.41, 5.74) is 0.823. The van der Waals surface area contributed by atoms with Crippen LogP contribution in [0.15, 0.2) is 11.2 Å². The molecule has 0 unspecified atom stereocenters. The summed E-state index contributed by atoms with van der Waals surface area (Å²) in [7, 11) is 3.36. The smallest absolute Gasteiger partial charge is 0.340 e. The molecule has 4 bridgehead atoms. The molecule has 0 aromatic carbocycles. The molecule has 7 nitrogen and oxygen atoms in total. The maximum Gasteiger partial charge on any atom is 0.340 e. The first-order chi connectivity index (χ1) is 15.9. The first-order valence-corrected chi connectivity index (χ1v) is 13.7. The van der Waals surface area contributed by atoms with Crippen molar-refractivity contribution in [3.8, 4) is 0 Å². The molecule has 9 heteroatoms. The zero-order valence-corrected chi connectivity index (χ0v) is 21.2. The van der Waals surface area contributed by atoms with Crippen molar-refractivity contribution < 1.29 is 14.3 Å². The maximum absolute atomic E-state index is 12.6. The molecule has 0 radical (unpaired) electrons. The van der Waals surface area contributed by atoms with Crippen LogP contribution in [0.5, 0.6) is 0 Å². The van der Waals surface area contributed by atoms with E-state index in [1.54, 1.807) is 6.07 Å². The lowest BCUT2D eigenvalue weighted by molar-refractivity contribution is -0.113. The third-order valence-electron chi connectivity index (χ3n) is 7.75. The number of hydrogen-bond donors (Lipinski definition) is 1. The van der Waals surface area contributed by atoms with Crippen molar-refractivity contribution in [1.29, 1.82) is 0 Å². The lowest BCUT2D eigenvalue weighted by Gasteiger charge is -2.56. The molecule has 2 aromatic rings. The number of thiophene rings is 1. The average Bonchev–Trinajstić information content (AvgIpc) is 3.34. The summed E-state index contributed by atoms with van der Waals surface area (Å²) in [4.78, 5) is 25.7. The summed E-state index contributed by atoms with van der Waals surface area (Å²) < 4.78 is 6.92. The summed E-state index contributed by atoms with van der Waals surface area (Å²) in [6.45, 7) is 2.02. The summed E-state index contributed by atoms with van der Waals surface area (Å²) in [5, 5.41) is 13.1. The fourth-order valence-corrected chi connectivity index (χ4v) is 8.46. The fraction of sp³-hybridized carbons (Fsp3) is 0.667. The van der Waals surface area contributed by atoms with E-state index in [0.717, 1.165) is 46.5 Å². The number of methoxy groups -OCH3 is 1. The Morgan fingerprint density at radius 2 is 1.88 bits per heavy atom. The quantitative estimate of drug-likeness (QED) is 0.428. The van der Waals surface area contributed by atoms with Gasteiger partial charge in [-0.3, -0.25) is 4.79 Å². The van der Waals surface area contributed by atoms with Crippen LogP contribution in [-0.4, -0.2) is 39.5 Å². The second kappa shape index (κ2) is 9.06. The molecule has 4 saturated carbocycles. The van der Waals surface area contributed by atoms with E-state index in [-0.39, 0.29) is 11.7 Å². The Hall–Kier alpha value is -1.87. The molecule has 4 aliphatic carbocycles. The van der Waals surface area contributed by atoms with Crippen LogP contribution >= 0.6 is 23.1 Å². The van der Waals surface area contributed by atoms with Gasteiger partial charge in [0.2, 0.25) is 5.91 Å². The van der Waals surface area contributed by atoms with E-state index in [0.29, 0.717) is 16.0 Å². The van der Waals surface area contributed by atoms with Crippen LogP contribution in [-0.2, 0) is 29.4 Å².